The number of ether oxygens (including phenoxy) is 1. The first-order valence-electron chi connectivity index (χ1n) is 6.50. The van der Waals surface area contributed by atoms with Gasteiger partial charge >= 0.3 is 5.97 Å². The molecular weight excluding hydrogens is 334 g/mol. The average Bonchev–Trinajstić information content (AvgIpc) is 2.49. The number of anilines is 1. The monoisotopic (exact) mass is 349 g/mol. The predicted molar refractivity (Wildman–Crippen MR) is 86.3 cm³/mol. The summed E-state index contributed by atoms with van der Waals surface area (Å²) in [7, 11) is 1.65. The summed E-state index contributed by atoms with van der Waals surface area (Å²) < 4.78 is 5.87. The van der Waals surface area contributed by atoms with Gasteiger partial charge in [-0.2, -0.15) is 0 Å². The molecule has 0 amide bonds. The molecule has 0 aliphatic carbocycles. The van der Waals surface area contributed by atoms with Crippen molar-refractivity contribution in [3.63, 3.8) is 0 Å². The first-order chi connectivity index (χ1) is 10.1. The Kier molecular flexibility index (Phi) is 5.22. The molecule has 2 N–H and O–H groups in total. The Bertz CT molecular complexity index is 626. The maximum absolute atomic E-state index is 10.9. The van der Waals surface area contributed by atoms with Gasteiger partial charge in [0.15, 0.2) is 0 Å². The molecule has 0 aromatic heterocycles. The molecule has 0 atom stereocenters. The van der Waals surface area contributed by atoms with Gasteiger partial charge in [-0.3, -0.25) is 0 Å². The molecule has 0 spiro atoms. The molecule has 0 fully saturated rings. The maximum Gasteiger partial charge on any atom is 0.335 e. The largest absolute Gasteiger partial charge is 0.497 e. The van der Waals surface area contributed by atoms with E-state index in [1.54, 1.807) is 25.3 Å². The highest BCUT2D eigenvalue weighted by atomic mass is 79.9. The van der Waals surface area contributed by atoms with E-state index in [0.717, 1.165) is 28.9 Å². The van der Waals surface area contributed by atoms with Crippen LogP contribution in [0, 0.1) is 0 Å². The molecule has 0 saturated carbocycles. The van der Waals surface area contributed by atoms with E-state index in [1.807, 2.05) is 24.3 Å². The zero-order valence-electron chi connectivity index (χ0n) is 11.6. The van der Waals surface area contributed by atoms with Crippen LogP contribution in [0.15, 0.2) is 46.9 Å². The maximum atomic E-state index is 10.9. The highest BCUT2D eigenvalue weighted by molar-refractivity contribution is 9.10. The summed E-state index contributed by atoms with van der Waals surface area (Å²) in [5.74, 6) is -0.0841. The summed E-state index contributed by atoms with van der Waals surface area (Å²) in [5, 5.41) is 12.2. The summed E-state index contributed by atoms with van der Waals surface area (Å²) in [6.45, 7) is 0.761. The zero-order valence-corrected chi connectivity index (χ0v) is 13.2. The topological polar surface area (TPSA) is 58.6 Å². The smallest absolute Gasteiger partial charge is 0.335 e. The van der Waals surface area contributed by atoms with Crippen LogP contribution in [0.2, 0.25) is 0 Å². The van der Waals surface area contributed by atoms with Crippen LogP contribution < -0.4 is 10.1 Å². The van der Waals surface area contributed by atoms with Crippen molar-refractivity contribution in [2.75, 3.05) is 19.0 Å². The van der Waals surface area contributed by atoms with E-state index in [4.69, 9.17) is 9.84 Å². The Hall–Kier alpha value is -2.01. The molecule has 0 aliphatic rings. The van der Waals surface area contributed by atoms with Crippen LogP contribution in [0.4, 0.5) is 5.69 Å². The molecule has 5 heteroatoms. The van der Waals surface area contributed by atoms with Crippen molar-refractivity contribution in [2.45, 2.75) is 6.42 Å². The van der Waals surface area contributed by atoms with E-state index >= 15 is 0 Å². The van der Waals surface area contributed by atoms with Crippen LogP contribution in [-0.4, -0.2) is 24.7 Å². The molecule has 110 valence electrons. The lowest BCUT2D eigenvalue weighted by Gasteiger charge is -2.09. The third-order valence-electron chi connectivity index (χ3n) is 3.10. The second kappa shape index (κ2) is 7.13. The van der Waals surface area contributed by atoms with E-state index in [-0.39, 0.29) is 5.56 Å². The number of carbonyl (C=O) groups is 1. The van der Waals surface area contributed by atoms with E-state index in [1.165, 1.54) is 5.56 Å². The Morgan fingerprint density at radius 1 is 1.24 bits per heavy atom. The van der Waals surface area contributed by atoms with Gasteiger partial charge in [0.1, 0.15) is 5.75 Å². The Balaban J connectivity index is 1.92. The van der Waals surface area contributed by atoms with Gasteiger partial charge in [0.05, 0.1) is 12.7 Å². The molecule has 2 aromatic rings. The van der Waals surface area contributed by atoms with Crippen molar-refractivity contribution >= 4 is 27.6 Å². The molecule has 0 aliphatic heterocycles. The molecule has 0 bridgehead atoms. The molecule has 0 heterocycles. The lowest BCUT2D eigenvalue weighted by atomic mass is 10.1. The third kappa shape index (κ3) is 4.23. The van der Waals surface area contributed by atoms with Crippen LogP contribution >= 0.6 is 15.9 Å². The molecule has 2 aromatic carbocycles. The van der Waals surface area contributed by atoms with E-state index in [9.17, 15) is 4.79 Å². The summed E-state index contributed by atoms with van der Waals surface area (Å²) in [6.07, 6.45) is 0.872. The van der Waals surface area contributed by atoms with Crippen LogP contribution in [0.5, 0.6) is 5.75 Å². The van der Waals surface area contributed by atoms with Crippen molar-refractivity contribution in [3.8, 4) is 5.75 Å². The third-order valence-corrected chi connectivity index (χ3v) is 3.76. The molecule has 0 radical (unpaired) electrons. The van der Waals surface area contributed by atoms with Gasteiger partial charge in [-0.15, -0.1) is 0 Å². The van der Waals surface area contributed by atoms with Gasteiger partial charge in [-0.25, -0.2) is 4.79 Å². The molecule has 0 saturated heterocycles. The number of hydrogen-bond acceptors (Lipinski definition) is 3. The van der Waals surface area contributed by atoms with Crippen molar-refractivity contribution in [3.05, 3.63) is 58.1 Å². The summed E-state index contributed by atoms with van der Waals surface area (Å²) >= 11 is 3.38. The van der Waals surface area contributed by atoms with Gasteiger partial charge in [0, 0.05) is 16.7 Å². The average molecular weight is 350 g/mol. The first-order valence-corrected chi connectivity index (χ1v) is 7.29. The van der Waals surface area contributed by atoms with E-state index in [0.29, 0.717) is 0 Å². The number of methoxy groups -OCH3 is 1. The van der Waals surface area contributed by atoms with Crippen LogP contribution in [0.25, 0.3) is 0 Å². The number of benzene rings is 2. The minimum absolute atomic E-state index is 0.266. The summed E-state index contributed by atoms with van der Waals surface area (Å²) in [6, 6.07) is 12.9. The number of nitrogens with one attached hydrogen (secondary N) is 1. The number of rotatable bonds is 6. The summed E-state index contributed by atoms with van der Waals surface area (Å²) in [4.78, 5) is 10.9. The fourth-order valence-corrected chi connectivity index (χ4v) is 2.44. The predicted octanol–water partition coefficient (Wildman–Crippen LogP) is 3.81. The zero-order chi connectivity index (χ0) is 15.2. The minimum Gasteiger partial charge on any atom is -0.497 e. The number of carboxylic acids is 1. The Morgan fingerprint density at radius 3 is 2.52 bits per heavy atom. The van der Waals surface area contributed by atoms with Crippen LogP contribution in [0.3, 0.4) is 0 Å². The fourth-order valence-electron chi connectivity index (χ4n) is 1.93. The van der Waals surface area contributed by atoms with Gasteiger partial charge in [0.25, 0.3) is 0 Å². The van der Waals surface area contributed by atoms with Crippen LogP contribution in [0.1, 0.15) is 15.9 Å². The van der Waals surface area contributed by atoms with Crippen molar-refractivity contribution in [2.24, 2.45) is 0 Å². The summed E-state index contributed by atoms with van der Waals surface area (Å²) in [5.41, 5.74) is 2.36. The van der Waals surface area contributed by atoms with Gasteiger partial charge < -0.3 is 15.2 Å². The quantitative estimate of drug-likeness (QED) is 0.832. The molecule has 2 rings (SSSR count). The van der Waals surface area contributed by atoms with Gasteiger partial charge in [-0.1, -0.05) is 12.1 Å². The lowest BCUT2D eigenvalue weighted by Crippen LogP contribution is -2.06. The standard InChI is InChI=1S/C16H16BrNO3/c1-21-13-5-2-11(3-6-13)8-9-18-15-7-4-12(16(19)20)10-14(15)17/h2-7,10,18H,8-9H2,1H3,(H,19,20). The number of carboxylic acid groups (broad SMARTS) is 1. The first kappa shape index (κ1) is 15.4. The van der Waals surface area contributed by atoms with Crippen molar-refractivity contribution in [1.29, 1.82) is 0 Å². The number of halogens is 1. The van der Waals surface area contributed by atoms with E-state index < -0.39 is 5.97 Å². The SMILES string of the molecule is COc1ccc(CCNc2ccc(C(=O)O)cc2Br)cc1. The number of aromatic carboxylic acids is 1. The van der Waals surface area contributed by atoms with Crippen molar-refractivity contribution < 1.29 is 14.6 Å². The number of hydrogen-bond donors (Lipinski definition) is 2. The highest BCUT2D eigenvalue weighted by Gasteiger charge is 2.06. The minimum atomic E-state index is -0.930. The molecule has 21 heavy (non-hydrogen) atoms. The fraction of sp³-hybridized carbons (Fsp3) is 0.188. The second-order valence-electron chi connectivity index (χ2n) is 4.52. The van der Waals surface area contributed by atoms with Crippen molar-refractivity contribution in [1.82, 2.24) is 0 Å². The Morgan fingerprint density at radius 2 is 1.95 bits per heavy atom. The molecule has 4 nitrogen and oxygen atoms in total. The Labute approximate surface area is 131 Å². The normalized spacial score (nSPS) is 10.2. The van der Waals surface area contributed by atoms with Gasteiger partial charge in [-0.05, 0) is 58.2 Å². The second-order valence-corrected chi connectivity index (χ2v) is 5.38. The van der Waals surface area contributed by atoms with E-state index in [2.05, 4.69) is 21.2 Å². The molecule has 0 unspecified atom stereocenters. The highest BCUT2D eigenvalue weighted by Crippen LogP contribution is 2.23. The van der Waals surface area contributed by atoms with Gasteiger partial charge in [0.2, 0.25) is 0 Å². The molecular formula is C16H16BrNO3. The lowest BCUT2D eigenvalue weighted by molar-refractivity contribution is 0.0697. The van der Waals surface area contributed by atoms with Crippen LogP contribution in [-0.2, 0) is 6.42 Å².